The van der Waals surface area contributed by atoms with E-state index >= 15 is 0 Å². The lowest BCUT2D eigenvalue weighted by molar-refractivity contribution is 0.111. The molecule has 8 aromatic carbocycles. The normalized spacial score (nSPS) is 16.8. The number of hydrogen-bond acceptors (Lipinski definition) is 4. The summed E-state index contributed by atoms with van der Waals surface area (Å²) in [6.07, 6.45) is 15.6. The Kier molecular flexibility index (Phi) is 16.6. The number of carbonyl (C=O) groups excluding carboxylic acids is 1. The summed E-state index contributed by atoms with van der Waals surface area (Å²) < 4.78 is 0. The van der Waals surface area contributed by atoms with Crippen LogP contribution in [0.1, 0.15) is 136 Å². The molecule has 2 atom stereocenters. The van der Waals surface area contributed by atoms with Crippen LogP contribution in [0.25, 0.3) is 0 Å². The lowest BCUT2D eigenvalue weighted by Gasteiger charge is -2.35. The summed E-state index contributed by atoms with van der Waals surface area (Å²) in [5.41, 5.74) is 34.7. The van der Waals surface area contributed by atoms with Crippen molar-refractivity contribution >= 4 is 59.6 Å². The maximum Gasteiger partial charge on any atom is 0.168 e. The Bertz CT molecular complexity index is 3940. The van der Waals surface area contributed by atoms with Crippen molar-refractivity contribution in [3.63, 3.8) is 0 Å². The molecule has 4 aliphatic carbocycles. The number of hydrogen-bond donors (Lipinski definition) is 1. The van der Waals surface area contributed by atoms with Gasteiger partial charge in [-0.05, 0) is 292 Å². The first-order valence-electron chi connectivity index (χ1n) is 30.7. The second-order valence-corrected chi connectivity index (χ2v) is 28.5. The second-order valence-electron chi connectivity index (χ2n) is 24.4. The van der Waals surface area contributed by atoms with Crippen LogP contribution >= 0.6 is 15.8 Å². The molecule has 6 heteroatoms. The number of rotatable bonds is 10. The zero-order valence-electron chi connectivity index (χ0n) is 50.9. The summed E-state index contributed by atoms with van der Waals surface area (Å²) in [6, 6.07) is 67.0. The maximum atomic E-state index is 9.94. The van der Waals surface area contributed by atoms with Crippen LogP contribution in [0.2, 0.25) is 0 Å². The quantitative estimate of drug-likeness (QED) is 0.0842. The Labute approximate surface area is 508 Å². The molecule has 0 unspecified atom stereocenters. The molecule has 0 amide bonds. The standard InChI is InChI=1S/C40H40NP.C33H34NP.C6H5NO/c1-27-11-7-12-28(2)38(27)42(39-29(3)13-8-14-30(39)4)35-19-10-17-33-23-25-40(37(33)35)24-22-32-16-9-15-31(36(32)40)20-21-34-18-5-6-26-41-34;1-21-9-5-10-22(2)31(21)35(32-23(3)11-6-12-24(32)4)28-16-8-14-26-18-20-33(30(26)28)19-17-25-13-7-15-27(34)29(25)33;8-5-6-3-1-2-4-7-6/h5-19,26H,20-25H2,1-4H3;5-16H,17-20,34H2,1-4H3;1-5H/t40-;33-;/m11./s1. The minimum Gasteiger partial charge on any atom is -0.398 e. The smallest absolute Gasteiger partial charge is 0.168 e. The van der Waals surface area contributed by atoms with Crippen molar-refractivity contribution in [2.75, 3.05) is 5.73 Å². The van der Waals surface area contributed by atoms with E-state index in [4.69, 9.17) is 5.73 Å². The molecular formula is C79H79N3OP2. The van der Waals surface area contributed by atoms with Gasteiger partial charge in [-0.2, -0.15) is 0 Å². The van der Waals surface area contributed by atoms with Crippen LogP contribution in [0.15, 0.2) is 194 Å². The van der Waals surface area contributed by atoms with Crippen LogP contribution in [-0.4, -0.2) is 16.3 Å². The van der Waals surface area contributed by atoms with Crippen molar-refractivity contribution in [3.05, 3.63) is 300 Å². The molecule has 426 valence electrons. The highest BCUT2D eigenvalue weighted by Gasteiger charge is 2.50. The number of benzene rings is 8. The number of nitrogens with zero attached hydrogens (tertiary/aromatic N) is 2. The van der Waals surface area contributed by atoms with Gasteiger partial charge in [-0.3, -0.25) is 14.8 Å². The SMILES string of the molecule is Cc1cccc(C)c1P(c1cccc2c1[C@]1(CCc3cccc(CCc4ccccn4)c31)CC2)c1c(C)cccc1C.Cc1cccc(C)c1P(c1cccc2c1[C@]1(CCc3cccc(N)c31)CC2)c1c(C)cccc1C.O=Cc1ccccn1. The van der Waals surface area contributed by atoms with Crippen LogP contribution in [0.5, 0.6) is 0 Å². The van der Waals surface area contributed by atoms with Gasteiger partial charge in [0.15, 0.2) is 6.29 Å². The number of carbonyl (C=O) groups is 1. The number of aromatic nitrogens is 2. The third-order valence-corrected chi connectivity index (χ3v) is 25.5. The molecule has 2 spiro atoms. The van der Waals surface area contributed by atoms with Crippen molar-refractivity contribution in [2.24, 2.45) is 0 Å². The molecule has 0 radical (unpaired) electrons. The molecule has 0 saturated carbocycles. The van der Waals surface area contributed by atoms with E-state index in [1.54, 1.807) is 73.4 Å². The van der Waals surface area contributed by atoms with Gasteiger partial charge in [-0.1, -0.05) is 152 Å². The number of anilines is 1. The molecule has 2 N–H and O–H groups in total. The van der Waals surface area contributed by atoms with E-state index in [-0.39, 0.29) is 10.8 Å². The van der Waals surface area contributed by atoms with Gasteiger partial charge >= 0.3 is 0 Å². The van der Waals surface area contributed by atoms with Crippen LogP contribution in [0.3, 0.4) is 0 Å². The lowest BCUT2D eigenvalue weighted by atomic mass is 9.74. The van der Waals surface area contributed by atoms with Crippen molar-refractivity contribution in [1.29, 1.82) is 0 Å². The topological polar surface area (TPSA) is 68.9 Å². The molecule has 4 aliphatic rings. The van der Waals surface area contributed by atoms with E-state index in [0.29, 0.717) is 5.69 Å². The summed E-state index contributed by atoms with van der Waals surface area (Å²) in [4.78, 5) is 18.3. The van der Waals surface area contributed by atoms with Crippen molar-refractivity contribution in [1.82, 2.24) is 9.97 Å². The number of pyridine rings is 2. The molecule has 0 bridgehead atoms. The van der Waals surface area contributed by atoms with Crippen LogP contribution in [0, 0.1) is 55.4 Å². The fourth-order valence-corrected chi connectivity index (χ4v) is 22.1. The first kappa shape index (κ1) is 57.8. The van der Waals surface area contributed by atoms with Gasteiger partial charge in [-0.25, -0.2) is 0 Å². The zero-order chi connectivity index (χ0) is 59.0. The summed E-state index contributed by atoms with van der Waals surface area (Å²) in [7, 11) is -1.44. The van der Waals surface area contributed by atoms with Gasteiger partial charge in [0.05, 0.1) is 0 Å². The molecule has 2 aromatic heterocycles. The van der Waals surface area contributed by atoms with E-state index in [2.05, 4.69) is 223 Å². The summed E-state index contributed by atoms with van der Waals surface area (Å²) in [5.74, 6) is 0. The van der Waals surface area contributed by atoms with Gasteiger partial charge in [0.2, 0.25) is 0 Å². The van der Waals surface area contributed by atoms with Crippen LogP contribution in [-0.2, 0) is 49.4 Å². The van der Waals surface area contributed by atoms with Crippen LogP contribution in [0.4, 0.5) is 5.69 Å². The Balaban J connectivity index is 0.000000149. The molecule has 85 heavy (non-hydrogen) atoms. The van der Waals surface area contributed by atoms with Gasteiger partial charge in [-0.15, -0.1) is 0 Å². The lowest BCUT2D eigenvalue weighted by Crippen LogP contribution is -2.34. The molecule has 0 saturated heterocycles. The van der Waals surface area contributed by atoms with Gasteiger partial charge in [0.1, 0.15) is 5.69 Å². The fraction of sp³-hybridized carbons (Fsp3) is 0.253. The fourth-order valence-electron chi connectivity index (χ4n) is 15.6. The van der Waals surface area contributed by atoms with Gasteiger partial charge in [0, 0.05) is 34.6 Å². The van der Waals surface area contributed by atoms with Crippen molar-refractivity contribution in [3.8, 4) is 0 Å². The number of aldehydes is 1. The summed E-state index contributed by atoms with van der Waals surface area (Å²) in [5, 5.41) is 9.26. The first-order chi connectivity index (χ1) is 41.3. The Morgan fingerprint density at radius 2 is 0.753 bits per heavy atom. The third-order valence-electron chi connectivity index (χ3n) is 19.2. The average molecular weight is 1150 g/mol. The number of nitrogen functional groups attached to an aromatic ring is 1. The highest BCUT2D eigenvalue weighted by Crippen LogP contribution is 2.58. The average Bonchev–Trinajstić information content (AvgIpc) is 1.86. The van der Waals surface area contributed by atoms with Gasteiger partial charge in [0.25, 0.3) is 0 Å². The predicted octanol–water partition coefficient (Wildman–Crippen LogP) is 15.4. The van der Waals surface area contributed by atoms with E-state index in [1.807, 2.05) is 12.3 Å². The van der Waals surface area contributed by atoms with E-state index < -0.39 is 15.8 Å². The summed E-state index contributed by atoms with van der Waals surface area (Å²) >= 11 is 0. The largest absolute Gasteiger partial charge is 0.398 e. The Morgan fingerprint density at radius 3 is 1.14 bits per heavy atom. The first-order valence-corrected chi connectivity index (χ1v) is 33.4. The Morgan fingerprint density at radius 1 is 0.388 bits per heavy atom. The zero-order valence-corrected chi connectivity index (χ0v) is 52.7. The molecule has 2 heterocycles. The van der Waals surface area contributed by atoms with Crippen molar-refractivity contribution in [2.45, 2.75) is 130 Å². The predicted molar refractivity (Wildman–Crippen MR) is 362 cm³/mol. The maximum absolute atomic E-state index is 9.94. The minimum atomic E-state index is -0.727. The molecule has 4 nitrogen and oxygen atoms in total. The molecule has 0 aliphatic heterocycles. The van der Waals surface area contributed by atoms with E-state index in [1.165, 1.54) is 122 Å². The summed E-state index contributed by atoms with van der Waals surface area (Å²) in [6.45, 7) is 18.5. The van der Waals surface area contributed by atoms with E-state index in [9.17, 15) is 4.79 Å². The number of nitrogens with two attached hydrogens (primary N) is 1. The molecule has 0 fully saturated rings. The molecule has 14 rings (SSSR count). The number of aryl methyl sites for hydroxylation is 14. The van der Waals surface area contributed by atoms with Gasteiger partial charge < -0.3 is 5.73 Å². The van der Waals surface area contributed by atoms with Crippen LogP contribution < -0.4 is 37.6 Å². The number of fused-ring (bicyclic) bond motifs is 8. The highest BCUT2D eigenvalue weighted by atomic mass is 31.1. The van der Waals surface area contributed by atoms with Crippen molar-refractivity contribution < 1.29 is 4.79 Å². The molecule has 10 aromatic rings. The third kappa shape index (κ3) is 10.6. The van der Waals surface area contributed by atoms with E-state index in [0.717, 1.165) is 37.7 Å². The minimum absolute atomic E-state index is 0.0420. The highest BCUT2D eigenvalue weighted by molar-refractivity contribution is 7.80. The second kappa shape index (κ2) is 24.4. The molecular weight excluding hydrogens is 1070 g/mol. The Hall–Kier alpha value is -7.61. The monoisotopic (exact) mass is 1150 g/mol.